The van der Waals surface area contributed by atoms with Gasteiger partial charge in [0.1, 0.15) is 0 Å². The average Bonchev–Trinajstić information content (AvgIpc) is 3.60. The van der Waals surface area contributed by atoms with Crippen LogP contribution >= 0.6 is 0 Å². The van der Waals surface area contributed by atoms with Crippen molar-refractivity contribution < 1.29 is 4.79 Å². The first-order chi connectivity index (χ1) is 20.4. The first kappa shape index (κ1) is 27.4. The van der Waals surface area contributed by atoms with Crippen LogP contribution in [0.15, 0.2) is 103 Å². The van der Waals surface area contributed by atoms with Gasteiger partial charge in [0.25, 0.3) is 0 Å². The van der Waals surface area contributed by atoms with E-state index in [9.17, 15) is 4.79 Å². The molecule has 2 heterocycles. The predicted octanol–water partition coefficient (Wildman–Crippen LogP) is 5.67. The summed E-state index contributed by atoms with van der Waals surface area (Å²) in [5, 5.41) is 13.0. The lowest BCUT2D eigenvalue weighted by Crippen LogP contribution is -2.51. The van der Waals surface area contributed by atoms with Crippen LogP contribution in [0, 0.1) is 0 Å². The topological polar surface area (TPSA) is 116 Å². The normalized spacial score (nSPS) is 13.8. The van der Waals surface area contributed by atoms with Crippen molar-refractivity contribution in [3.63, 3.8) is 0 Å². The van der Waals surface area contributed by atoms with Crippen LogP contribution in [0.4, 0.5) is 0 Å². The van der Waals surface area contributed by atoms with Gasteiger partial charge in [-0.25, -0.2) is 4.68 Å². The third kappa shape index (κ3) is 5.69. The van der Waals surface area contributed by atoms with E-state index in [0.29, 0.717) is 19.3 Å². The summed E-state index contributed by atoms with van der Waals surface area (Å²) in [6.07, 6.45) is 5.23. The minimum absolute atomic E-state index is 0.241. The quantitative estimate of drug-likeness (QED) is 0.191. The third-order valence-corrected chi connectivity index (χ3v) is 8.30. The molecule has 42 heavy (non-hydrogen) atoms. The zero-order valence-corrected chi connectivity index (χ0v) is 23.8. The number of nitrogens with one attached hydrogen (secondary N) is 1. The van der Waals surface area contributed by atoms with Gasteiger partial charge >= 0.3 is 0 Å². The third-order valence-electron chi connectivity index (χ3n) is 8.30. The van der Waals surface area contributed by atoms with E-state index < -0.39 is 11.4 Å². The first-order valence-electron chi connectivity index (χ1n) is 14.5. The zero-order chi connectivity index (χ0) is 29.1. The summed E-state index contributed by atoms with van der Waals surface area (Å²) in [6, 6.07) is 33.3. The van der Waals surface area contributed by atoms with E-state index in [4.69, 9.17) is 21.8 Å². The lowest BCUT2D eigenvalue weighted by Gasteiger charge is -2.28. The zero-order valence-electron chi connectivity index (χ0n) is 23.8. The Hall–Kier alpha value is -4.75. The summed E-state index contributed by atoms with van der Waals surface area (Å²) in [7, 11) is 0. The summed E-state index contributed by atoms with van der Waals surface area (Å²) in [6.45, 7) is 1.70. The summed E-state index contributed by atoms with van der Waals surface area (Å²) < 4.78 is 2.01. The molecule has 0 saturated carbocycles. The lowest BCUT2D eigenvalue weighted by atomic mass is 9.89. The highest BCUT2D eigenvalue weighted by Gasteiger charge is 2.33. The summed E-state index contributed by atoms with van der Waals surface area (Å²) in [5.41, 5.74) is 17.7. The van der Waals surface area contributed by atoms with Gasteiger partial charge in [-0.15, -0.1) is 5.10 Å². The molecular weight excluding hydrogens is 520 g/mol. The molecule has 0 aliphatic carbocycles. The van der Waals surface area contributed by atoms with Crippen LogP contribution in [0.3, 0.4) is 0 Å². The molecule has 0 saturated heterocycles. The van der Waals surface area contributed by atoms with Gasteiger partial charge in [-0.1, -0.05) is 96.2 Å². The van der Waals surface area contributed by atoms with E-state index in [1.165, 1.54) is 21.9 Å². The number of rotatable bonds is 11. The molecule has 0 aliphatic heterocycles. The number of carbonyl (C=O) groups is 1. The monoisotopic (exact) mass is 556 g/mol. The van der Waals surface area contributed by atoms with Gasteiger partial charge in [-0.05, 0) is 66.1 Å². The molecule has 2 unspecified atom stereocenters. The Bertz CT molecular complexity index is 1830. The fourth-order valence-electron chi connectivity index (χ4n) is 5.94. The van der Waals surface area contributed by atoms with Crippen molar-refractivity contribution >= 4 is 27.6 Å². The van der Waals surface area contributed by atoms with Gasteiger partial charge in [0.05, 0.1) is 23.0 Å². The second-order valence-corrected chi connectivity index (χ2v) is 11.4. The molecule has 0 radical (unpaired) electrons. The molecule has 0 spiro atoms. The Morgan fingerprint density at radius 2 is 1.60 bits per heavy atom. The molecular formula is C35H36N6O. The SMILES string of the molecule is CC(N)(CC(Cc1c[nH]c2ccccc12)n1nnc(CCc2ccccc2)c1Cc1cccc2ccccc12)C(N)=O. The van der Waals surface area contributed by atoms with Crippen LogP contribution in [0.2, 0.25) is 0 Å². The molecule has 4 aromatic carbocycles. The minimum atomic E-state index is -1.22. The Balaban J connectivity index is 1.44. The maximum absolute atomic E-state index is 12.4. The van der Waals surface area contributed by atoms with Gasteiger partial charge < -0.3 is 16.5 Å². The second-order valence-electron chi connectivity index (χ2n) is 11.4. The van der Waals surface area contributed by atoms with Crippen molar-refractivity contribution in [1.29, 1.82) is 0 Å². The Morgan fingerprint density at radius 1 is 0.881 bits per heavy atom. The molecule has 6 aromatic rings. The number of amides is 1. The molecule has 0 aliphatic rings. The fraction of sp³-hybridized carbons (Fsp3) is 0.229. The van der Waals surface area contributed by atoms with Gasteiger partial charge in [0.2, 0.25) is 5.91 Å². The van der Waals surface area contributed by atoms with Crippen molar-refractivity contribution in [3.05, 3.63) is 131 Å². The Labute approximate surface area is 245 Å². The highest BCUT2D eigenvalue weighted by atomic mass is 16.1. The number of hydrogen-bond acceptors (Lipinski definition) is 4. The molecule has 5 N–H and O–H groups in total. The number of aryl methyl sites for hydroxylation is 2. The molecule has 7 heteroatoms. The summed E-state index contributed by atoms with van der Waals surface area (Å²) in [5.74, 6) is -0.536. The number of benzene rings is 4. The predicted molar refractivity (Wildman–Crippen MR) is 168 cm³/mol. The van der Waals surface area contributed by atoms with Crippen LogP contribution in [0.25, 0.3) is 21.7 Å². The molecule has 6 rings (SSSR count). The maximum atomic E-state index is 12.4. The number of aromatic nitrogens is 4. The summed E-state index contributed by atoms with van der Waals surface area (Å²) >= 11 is 0. The van der Waals surface area contributed by atoms with Crippen molar-refractivity contribution in [1.82, 2.24) is 20.0 Å². The number of hydrogen-bond donors (Lipinski definition) is 3. The average molecular weight is 557 g/mol. The van der Waals surface area contributed by atoms with Gasteiger partial charge in [0, 0.05) is 23.5 Å². The number of primary amides is 1. The second kappa shape index (κ2) is 11.6. The molecule has 0 bridgehead atoms. The molecule has 2 atom stereocenters. The van der Waals surface area contributed by atoms with E-state index in [0.717, 1.165) is 40.7 Å². The van der Waals surface area contributed by atoms with Crippen LogP contribution in [0.5, 0.6) is 0 Å². The standard InChI is InChI=1S/C35H36N6O/c1-35(37,34(36)42)22-28(20-27-23-38-31-17-8-7-16-30(27)31)41-33(21-26-14-9-13-25-12-5-6-15-29(25)26)32(39-40-41)19-18-24-10-3-2-4-11-24/h2-17,23,28,38H,18-22,37H2,1H3,(H2,36,42). The number of H-pyrrole nitrogens is 1. The first-order valence-corrected chi connectivity index (χ1v) is 14.5. The highest BCUT2D eigenvalue weighted by Crippen LogP contribution is 2.31. The molecule has 0 fully saturated rings. The summed E-state index contributed by atoms with van der Waals surface area (Å²) in [4.78, 5) is 15.8. The van der Waals surface area contributed by atoms with E-state index in [1.54, 1.807) is 6.92 Å². The molecule has 1 amide bonds. The highest BCUT2D eigenvalue weighted by molar-refractivity contribution is 5.86. The molecule has 212 valence electrons. The van der Waals surface area contributed by atoms with Crippen LogP contribution in [0.1, 0.15) is 47.5 Å². The van der Waals surface area contributed by atoms with E-state index in [-0.39, 0.29) is 6.04 Å². The number of fused-ring (bicyclic) bond motifs is 2. The van der Waals surface area contributed by atoms with Gasteiger partial charge in [0.15, 0.2) is 0 Å². The maximum Gasteiger partial charge on any atom is 0.237 e. The number of nitrogens with zero attached hydrogens (tertiary/aromatic N) is 3. The van der Waals surface area contributed by atoms with E-state index in [1.807, 2.05) is 29.1 Å². The fourth-order valence-corrected chi connectivity index (χ4v) is 5.94. The van der Waals surface area contributed by atoms with Crippen molar-refractivity contribution in [2.24, 2.45) is 11.5 Å². The largest absolute Gasteiger partial charge is 0.368 e. The lowest BCUT2D eigenvalue weighted by molar-refractivity contribution is -0.123. The van der Waals surface area contributed by atoms with Gasteiger partial charge in [-0.3, -0.25) is 4.79 Å². The minimum Gasteiger partial charge on any atom is -0.368 e. The molecule has 7 nitrogen and oxygen atoms in total. The van der Waals surface area contributed by atoms with Gasteiger partial charge in [-0.2, -0.15) is 0 Å². The van der Waals surface area contributed by atoms with E-state index in [2.05, 4.69) is 83.8 Å². The van der Waals surface area contributed by atoms with Crippen LogP contribution in [-0.2, 0) is 30.5 Å². The van der Waals surface area contributed by atoms with E-state index >= 15 is 0 Å². The number of carbonyl (C=O) groups excluding carboxylic acids is 1. The smallest absolute Gasteiger partial charge is 0.237 e. The van der Waals surface area contributed by atoms with Crippen molar-refractivity contribution in [2.75, 3.05) is 0 Å². The van der Waals surface area contributed by atoms with Crippen molar-refractivity contribution in [3.8, 4) is 0 Å². The Morgan fingerprint density at radius 3 is 2.40 bits per heavy atom. The van der Waals surface area contributed by atoms with Crippen molar-refractivity contribution in [2.45, 2.75) is 50.6 Å². The van der Waals surface area contributed by atoms with Crippen LogP contribution < -0.4 is 11.5 Å². The van der Waals surface area contributed by atoms with Crippen LogP contribution in [-0.4, -0.2) is 31.4 Å². The Kier molecular flexibility index (Phi) is 7.59. The number of para-hydroxylation sites is 1. The number of nitrogens with two attached hydrogens (primary N) is 2. The molecule has 2 aromatic heterocycles. The number of aromatic amines is 1.